The normalized spacial score (nSPS) is 13.7. The second kappa shape index (κ2) is 8.07. The maximum Gasteiger partial charge on any atom is 0.256 e. The molecule has 0 saturated heterocycles. The number of carbonyl (C=O) groups excluding carboxylic acids is 1. The van der Waals surface area contributed by atoms with Gasteiger partial charge in [0.25, 0.3) is 5.91 Å². The van der Waals surface area contributed by atoms with E-state index in [2.05, 4.69) is 11.9 Å². The molecule has 3 aromatic carbocycles. The number of fused-ring (bicyclic) bond motifs is 1. The van der Waals surface area contributed by atoms with Crippen molar-refractivity contribution in [3.8, 4) is 22.6 Å². The Bertz CT molecular complexity index is 1110. The van der Waals surface area contributed by atoms with Gasteiger partial charge in [-0.3, -0.25) is 4.79 Å². The van der Waals surface area contributed by atoms with Crippen molar-refractivity contribution in [3.63, 3.8) is 0 Å². The van der Waals surface area contributed by atoms with Gasteiger partial charge in [0.2, 0.25) is 0 Å². The quantitative estimate of drug-likeness (QED) is 0.457. The molecule has 0 fully saturated rings. The van der Waals surface area contributed by atoms with Crippen LogP contribution >= 0.6 is 0 Å². The van der Waals surface area contributed by atoms with Crippen LogP contribution in [0.5, 0.6) is 11.5 Å². The zero-order valence-corrected chi connectivity index (χ0v) is 16.1. The van der Waals surface area contributed by atoms with E-state index in [1.807, 2.05) is 72.8 Å². The van der Waals surface area contributed by atoms with Crippen molar-refractivity contribution in [1.82, 2.24) is 0 Å². The number of anilines is 1. The summed E-state index contributed by atoms with van der Waals surface area (Å²) in [4.78, 5) is 12.7. The molecule has 1 aliphatic heterocycles. The Morgan fingerprint density at radius 2 is 1.83 bits per heavy atom. The molecule has 29 heavy (non-hydrogen) atoms. The van der Waals surface area contributed by atoms with Gasteiger partial charge in [-0.05, 0) is 41.5 Å². The molecule has 0 saturated carbocycles. The van der Waals surface area contributed by atoms with Gasteiger partial charge in [-0.1, -0.05) is 55.1 Å². The van der Waals surface area contributed by atoms with E-state index < -0.39 is 0 Å². The minimum atomic E-state index is -0.124. The first kappa shape index (κ1) is 18.6. The fraction of sp³-hybridized carbons (Fsp3) is 0.0800. The lowest BCUT2D eigenvalue weighted by Crippen LogP contribution is -2.04. The second-order valence-corrected chi connectivity index (χ2v) is 6.64. The van der Waals surface area contributed by atoms with Crippen molar-refractivity contribution in [1.29, 1.82) is 0 Å². The number of nitrogens with one attached hydrogen (secondary N) is 1. The SMILES string of the molecule is C=CCOc1ccccc1C=C1C(=O)Nc2cc(-c3cccc(OC)c3)ccc21. The first-order valence-corrected chi connectivity index (χ1v) is 9.34. The van der Waals surface area contributed by atoms with E-state index in [9.17, 15) is 4.79 Å². The number of hydrogen-bond donors (Lipinski definition) is 1. The van der Waals surface area contributed by atoms with Crippen molar-refractivity contribution >= 4 is 23.2 Å². The average Bonchev–Trinajstić information content (AvgIpc) is 3.07. The van der Waals surface area contributed by atoms with Gasteiger partial charge in [0.1, 0.15) is 18.1 Å². The summed E-state index contributed by atoms with van der Waals surface area (Å²) >= 11 is 0. The van der Waals surface area contributed by atoms with Gasteiger partial charge >= 0.3 is 0 Å². The summed E-state index contributed by atoms with van der Waals surface area (Å²) < 4.78 is 11.0. The van der Waals surface area contributed by atoms with Crippen molar-refractivity contribution in [2.75, 3.05) is 19.0 Å². The molecule has 0 aliphatic carbocycles. The number of hydrogen-bond acceptors (Lipinski definition) is 3. The minimum Gasteiger partial charge on any atom is -0.497 e. The Balaban J connectivity index is 1.71. The number of carbonyl (C=O) groups is 1. The lowest BCUT2D eigenvalue weighted by atomic mass is 9.99. The van der Waals surface area contributed by atoms with Crippen LogP contribution in [0.25, 0.3) is 22.8 Å². The maximum atomic E-state index is 12.7. The number of para-hydroxylation sites is 1. The number of ether oxygens (including phenoxy) is 2. The fourth-order valence-electron chi connectivity index (χ4n) is 3.36. The summed E-state index contributed by atoms with van der Waals surface area (Å²) in [6.07, 6.45) is 3.56. The molecule has 1 N–H and O–H groups in total. The molecule has 0 bridgehead atoms. The highest BCUT2D eigenvalue weighted by Crippen LogP contribution is 2.37. The Morgan fingerprint density at radius 1 is 1.00 bits per heavy atom. The first-order valence-electron chi connectivity index (χ1n) is 9.34. The molecule has 144 valence electrons. The molecule has 0 spiro atoms. The third-order valence-electron chi connectivity index (χ3n) is 4.78. The van der Waals surface area contributed by atoms with Crippen LogP contribution < -0.4 is 14.8 Å². The lowest BCUT2D eigenvalue weighted by molar-refractivity contribution is -0.110. The smallest absolute Gasteiger partial charge is 0.256 e. The zero-order valence-electron chi connectivity index (χ0n) is 16.1. The van der Waals surface area contributed by atoms with Gasteiger partial charge in [-0.2, -0.15) is 0 Å². The molecule has 0 unspecified atom stereocenters. The summed E-state index contributed by atoms with van der Waals surface area (Å²) in [5, 5.41) is 2.97. The highest BCUT2D eigenvalue weighted by Gasteiger charge is 2.25. The van der Waals surface area contributed by atoms with Gasteiger partial charge in [0, 0.05) is 22.4 Å². The second-order valence-electron chi connectivity index (χ2n) is 6.64. The molecule has 4 nitrogen and oxygen atoms in total. The molecule has 1 amide bonds. The summed E-state index contributed by atoms with van der Waals surface area (Å²) in [5.74, 6) is 1.39. The fourth-order valence-corrected chi connectivity index (χ4v) is 3.36. The van der Waals surface area contributed by atoms with Crippen LogP contribution in [-0.4, -0.2) is 19.6 Å². The van der Waals surface area contributed by atoms with Crippen molar-refractivity contribution in [2.45, 2.75) is 0 Å². The molecule has 1 aliphatic rings. The monoisotopic (exact) mass is 383 g/mol. The first-order chi connectivity index (χ1) is 14.2. The number of rotatable bonds is 6. The Labute approximate surface area is 170 Å². The van der Waals surface area contributed by atoms with Crippen LogP contribution in [-0.2, 0) is 4.79 Å². The topological polar surface area (TPSA) is 47.6 Å². The Morgan fingerprint density at radius 3 is 2.66 bits per heavy atom. The summed E-state index contributed by atoms with van der Waals surface area (Å²) in [5.41, 5.74) is 5.18. The third kappa shape index (κ3) is 3.78. The molecular weight excluding hydrogens is 362 g/mol. The molecule has 4 heteroatoms. The minimum absolute atomic E-state index is 0.124. The Kier molecular flexibility index (Phi) is 5.16. The zero-order chi connectivity index (χ0) is 20.2. The van der Waals surface area contributed by atoms with Gasteiger partial charge < -0.3 is 14.8 Å². The van der Waals surface area contributed by atoms with Gasteiger partial charge in [0.15, 0.2) is 0 Å². The van der Waals surface area contributed by atoms with Crippen molar-refractivity contribution in [2.24, 2.45) is 0 Å². The van der Waals surface area contributed by atoms with E-state index >= 15 is 0 Å². The van der Waals surface area contributed by atoms with Crippen LogP contribution in [0.4, 0.5) is 5.69 Å². The number of benzene rings is 3. The molecule has 3 aromatic rings. The lowest BCUT2D eigenvalue weighted by Gasteiger charge is -2.08. The third-order valence-corrected chi connectivity index (χ3v) is 4.78. The highest BCUT2D eigenvalue weighted by atomic mass is 16.5. The molecule has 0 atom stereocenters. The van der Waals surface area contributed by atoms with E-state index in [1.54, 1.807) is 13.2 Å². The number of methoxy groups -OCH3 is 1. The van der Waals surface area contributed by atoms with Gasteiger partial charge in [0.05, 0.1) is 7.11 Å². The predicted molar refractivity (Wildman–Crippen MR) is 117 cm³/mol. The summed E-state index contributed by atoms with van der Waals surface area (Å²) in [6.45, 7) is 4.09. The van der Waals surface area contributed by atoms with Gasteiger partial charge in [-0.25, -0.2) is 0 Å². The molecule has 0 aromatic heterocycles. The summed E-state index contributed by atoms with van der Waals surface area (Å²) in [6, 6.07) is 21.5. The molecule has 4 rings (SSSR count). The standard InChI is InChI=1S/C25H21NO3/c1-3-13-29-24-10-5-4-7-19(24)15-22-21-12-11-18(16-23(21)26-25(22)27)17-8-6-9-20(14-17)28-2/h3-12,14-16H,1,13H2,2H3,(H,26,27). The largest absolute Gasteiger partial charge is 0.497 e. The molecular formula is C25H21NO3. The van der Waals surface area contributed by atoms with Crippen molar-refractivity contribution in [3.05, 3.63) is 90.5 Å². The molecule has 0 radical (unpaired) electrons. The van der Waals surface area contributed by atoms with Crippen LogP contribution in [0.3, 0.4) is 0 Å². The van der Waals surface area contributed by atoms with E-state index in [0.29, 0.717) is 17.9 Å². The Hall–Kier alpha value is -3.79. The van der Waals surface area contributed by atoms with Crippen LogP contribution in [0, 0.1) is 0 Å². The van der Waals surface area contributed by atoms with E-state index in [0.717, 1.165) is 33.7 Å². The van der Waals surface area contributed by atoms with E-state index in [4.69, 9.17) is 9.47 Å². The maximum absolute atomic E-state index is 12.7. The highest BCUT2D eigenvalue weighted by molar-refractivity contribution is 6.35. The van der Waals surface area contributed by atoms with E-state index in [1.165, 1.54) is 0 Å². The van der Waals surface area contributed by atoms with Crippen LogP contribution in [0.15, 0.2) is 79.4 Å². The van der Waals surface area contributed by atoms with E-state index in [-0.39, 0.29) is 5.91 Å². The van der Waals surface area contributed by atoms with Crippen LogP contribution in [0.2, 0.25) is 0 Å². The predicted octanol–water partition coefficient (Wildman–Crippen LogP) is 5.42. The average molecular weight is 383 g/mol. The van der Waals surface area contributed by atoms with Crippen molar-refractivity contribution < 1.29 is 14.3 Å². The van der Waals surface area contributed by atoms with Crippen LogP contribution in [0.1, 0.15) is 11.1 Å². The molecule has 1 heterocycles. The number of amides is 1. The van der Waals surface area contributed by atoms with Gasteiger partial charge in [-0.15, -0.1) is 0 Å². The summed E-state index contributed by atoms with van der Waals surface area (Å²) in [7, 11) is 1.65.